The largest absolute Gasteiger partial charge is 0.430 e. The first-order valence-corrected chi connectivity index (χ1v) is 10.5. The van der Waals surface area contributed by atoms with Crippen molar-refractivity contribution in [2.24, 2.45) is 0 Å². The lowest BCUT2D eigenvalue weighted by Gasteiger charge is -2.21. The van der Waals surface area contributed by atoms with E-state index in [0.717, 1.165) is 25.7 Å². The molecule has 0 amide bonds. The highest BCUT2D eigenvalue weighted by atomic mass is 35.5. The lowest BCUT2D eigenvalue weighted by molar-refractivity contribution is 0.383. The van der Waals surface area contributed by atoms with Gasteiger partial charge < -0.3 is 9.05 Å². The lowest BCUT2D eigenvalue weighted by Crippen LogP contribution is -2.06. The van der Waals surface area contributed by atoms with Gasteiger partial charge >= 0.3 is 7.60 Å². The summed E-state index contributed by atoms with van der Waals surface area (Å²) in [6.45, 7) is 2.13. The van der Waals surface area contributed by atoms with Crippen molar-refractivity contribution in [3.8, 4) is 11.5 Å². The number of hydrogen-bond donors (Lipinski definition) is 0. The summed E-state index contributed by atoms with van der Waals surface area (Å²) in [5.41, 5.74) is 0. The van der Waals surface area contributed by atoms with Crippen molar-refractivity contribution in [2.75, 3.05) is 6.16 Å². The maximum atomic E-state index is 13.3. The first-order chi connectivity index (χ1) is 11.5. The summed E-state index contributed by atoms with van der Waals surface area (Å²) in [7, 11) is -3.43. The Hall–Kier alpha value is -1.15. The van der Waals surface area contributed by atoms with Gasteiger partial charge in [-0.25, -0.2) is 4.57 Å². The van der Waals surface area contributed by atoms with Crippen molar-refractivity contribution in [1.29, 1.82) is 0 Å². The van der Waals surface area contributed by atoms with Gasteiger partial charge in [0.1, 0.15) is 11.5 Å². The summed E-state index contributed by atoms with van der Waals surface area (Å²) in [6, 6.07) is 13.9. The highest BCUT2D eigenvalue weighted by Crippen LogP contribution is 2.51. The highest BCUT2D eigenvalue weighted by molar-refractivity contribution is 7.54. The predicted octanol–water partition coefficient (Wildman–Crippen LogP) is 7.22. The maximum Gasteiger partial charge on any atom is 0.430 e. The molecule has 0 aromatic heterocycles. The van der Waals surface area contributed by atoms with Crippen LogP contribution in [0.25, 0.3) is 0 Å². The van der Waals surface area contributed by atoms with E-state index in [0.29, 0.717) is 27.7 Å². The third-order valence-corrected chi connectivity index (χ3v) is 5.87. The second kappa shape index (κ2) is 9.36. The Kier molecular flexibility index (Phi) is 7.48. The normalized spacial score (nSPS) is 11.3. The van der Waals surface area contributed by atoms with E-state index in [2.05, 4.69) is 6.92 Å². The molecule has 0 fully saturated rings. The van der Waals surface area contributed by atoms with Crippen LogP contribution in [0.15, 0.2) is 48.5 Å². The smallest absolute Gasteiger partial charge is 0.414 e. The van der Waals surface area contributed by atoms with Gasteiger partial charge in [-0.1, -0.05) is 73.7 Å². The predicted molar refractivity (Wildman–Crippen MR) is 101 cm³/mol. The SMILES string of the molecule is CCCCCCP(=O)(Oc1ccccc1Cl)Oc1ccccc1Cl. The minimum atomic E-state index is -3.43. The van der Waals surface area contributed by atoms with Crippen molar-refractivity contribution in [3.05, 3.63) is 58.6 Å². The Morgan fingerprint density at radius 2 is 1.33 bits per heavy atom. The van der Waals surface area contributed by atoms with E-state index in [1.165, 1.54) is 0 Å². The van der Waals surface area contributed by atoms with Gasteiger partial charge in [0.25, 0.3) is 0 Å². The van der Waals surface area contributed by atoms with Gasteiger partial charge in [0.05, 0.1) is 16.2 Å². The maximum absolute atomic E-state index is 13.3. The monoisotopic (exact) mass is 386 g/mol. The van der Waals surface area contributed by atoms with Crippen molar-refractivity contribution < 1.29 is 13.6 Å². The Morgan fingerprint density at radius 1 is 0.833 bits per heavy atom. The quantitative estimate of drug-likeness (QED) is 0.336. The van der Waals surface area contributed by atoms with E-state index in [9.17, 15) is 4.57 Å². The van der Waals surface area contributed by atoms with E-state index < -0.39 is 7.60 Å². The Morgan fingerprint density at radius 3 is 1.79 bits per heavy atom. The molecule has 0 saturated carbocycles. The van der Waals surface area contributed by atoms with Gasteiger partial charge in [0, 0.05) is 0 Å². The zero-order valence-electron chi connectivity index (χ0n) is 13.6. The number of rotatable bonds is 9. The number of para-hydroxylation sites is 2. The summed E-state index contributed by atoms with van der Waals surface area (Å²) in [4.78, 5) is 0. The van der Waals surface area contributed by atoms with Crippen molar-refractivity contribution in [2.45, 2.75) is 32.6 Å². The molecule has 0 aliphatic carbocycles. The zero-order chi connectivity index (χ0) is 17.4. The number of benzene rings is 2. The van der Waals surface area contributed by atoms with E-state index in [4.69, 9.17) is 32.2 Å². The summed E-state index contributed by atoms with van der Waals surface area (Å²) in [5.74, 6) is 0.704. The molecule has 2 aromatic rings. The standard InChI is InChI=1S/C18H21Cl2O3P/c1-2-3-4-9-14-24(21,22-17-12-7-5-10-15(17)19)23-18-13-8-6-11-16(18)20/h5-8,10-13H,2-4,9,14H2,1H3. The molecule has 0 heterocycles. The number of hydrogen-bond acceptors (Lipinski definition) is 3. The fourth-order valence-electron chi connectivity index (χ4n) is 2.18. The molecule has 0 radical (unpaired) electrons. The van der Waals surface area contributed by atoms with Crippen LogP contribution in [-0.2, 0) is 4.57 Å². The Bertz CT molecular complexity index is 655. The molecule has 0 bridgehead atoms. The zero-order valence-corrected chi connectivity index (χ0v) is 16.0. The van der Waals surface area contributed by atoms with Crippen LogP contribution < -0.4 is 9.05 Å². The molecule has 2 rings (SSSR count). The molecule has 3 nitrogen and oxygen atoms in total. The van der Waals surface area contributed by atoms with Gasteiger partial charge in [-0.15, -0.1) is 0 Å². The summed E-state index contributed by atoms with van der Waals surface area (Å²) < 4.78 is 24.7. The molecule has 0 spiro atoms. The van der Waals surface area contributed by atoms with Gasteiger partial charge in [-0.05, 0) is 30.7 Å². The minimum Gasteiger partial charge on any atom is -0.414 e. The number of halogens is 2. The van der Waals surface area contributed by atoms with Crippen molar-refractivity contribution in [1.82, 2.24) is 0 Å². The van der Waals surface area contributed by atoms with Gasteiger partial charge in [-0.2, -0.15) is 0 Å². The molecule has 2 aromatic carbocycles. The summed E-state index contributed by atoms with van der Waals surface area (Å²) >= 11 is 12.2. The second-order valence-corrected chi connectivity index (χ2v) is 8.29. The molecule has 0 saturated heterocycles. The van der Waals surface area contributed by atoms with Crippen LogP contribution >= 0.6 is 30.8 Å². The minimum absolute atomic E-state index is 0.309. The summed E-state index contributed by atoms with van der Waals surface area (Å²) in [5, 5.41) is 0.795. The fraction of sp³-hybridized carbons (Fsp3) is 0.333. The van der Waals surface area contributed by atoms with Crippen LogP contribution in [0.5, 0.6) is 11.5 Å². The lowest BCUT2D eigenvalue weighted by atomic mass is 10.2. The van der Waals surface area contributed by atoms with Crippen LogP contribution in [0, 0.1) is 0 Å². The summed E-state index contributed by atoms with van der Waals surface area (Å²) in [6.07, 6.45) is 4.21. The number of unbranched alkanes of at least 4 members (excludes halogenated alkanes) is 3. The first-order valence-electron chi connectivity index (χ1n) is 8.01. The average molecular weight is 387 g/mol. The molecule has 0 aliphatic rings. The van der Waals surface area contributed by atoms with Crippen LogP contribution in [0.3, 0.4) is 0 Å². The third-order valence-electron chi connectivity index (χ3n) is 3.43. The molecule has 130 valence electrons. The van der Waals surface area contributed by atoms with Crippen LogP contribution in [0.2, 0.25) is 10.0 Å². The molecular formula is C18H21Cl2O3P. The van der Waals surface area contributed by atoms with Crippen molar-refractivity contribution >= 4 is 30.8 Å². The second-order valence-electron chi connectivity index (χ2n) is 5.44. The molecule has 6 heteroatoms. The molecule has 24 heavy (non-hydrogen) atoms. The van der Waals surface area contributed by atoms with E-state index in [1.807, 2.05) is 0 Å². The highest BCUT2D eigenvalue weighted by Gasteiger charge is 2.29. The van der Waals surface area contributed by atoms with Crippen LogP contribution in [-0.4, -0.2) is 6.16 Å². The third kappa shape index (κ3) is 5.73. The topological polar surface area (TPSA) is 35.5 Å². The average Bonchev–Trinajstić information content (AvgIpc) is 2.56. The van der Waals surface area contributed by atoms with E-state index >= 15 is 0 Å². The Labute approximate surface area is 153 Å². The molecule has 0 unspecified atom stereocenters. The van der Waals surface area contributed by atoms with Gasteiger partial charge in [0.15, 0.2) is 0 Å². The fourth-order valence-corrected chi connectivity index (χ4v) is 4.38. The Balaban J connectivity index is 2.19. The molecule has 0 N–H and O–H groups in total. The molecular weight excluding hydrogens is 366 g/mol. The molecule has 0 aliphatic heterocycles. The van der Waals surface area contributed by atoms with E-state index in [-0.39, 0.29) is 0 Å². The van der Waals surface area contributed by atoms with Crippen LogP contribution in [0.4, 0.5) is 0 Å². The van der Waals surface area contributed by atoms with Crippen LogP contribution in [0.1, 0.15) is 32.6 Å². The van der Waals surface area contributed by atoms with Gasteiger partial charge in [-0.3, -0.25) is 0 Å². The van der Waals surface area contributed by atoms with E-state index in [1.54, 1.807) is 48.5 Å². The van der Waals surface area contributed by atoms with Gasteiger partial charge in [0.2, 0.25) is 0 Å². The first kappa shape index (κ1) is 19.2. The van der Waals surface area contributed by atoms with Crippen molar-refractivity contribution in [3.63, 3.8) is 0 Å². The molecule has 0 atom stereocenters.